The van der Waals surface area contributed by atoms with Crippen LogP contribution in [0.3, 0.4) is 0 Å². The molecule has 0 fully saturated rings. The van der Waals surface area contributed by atoms with Crippen LogP contribution in [0.1, 0.15) is 20.8 Å². The van der Waals surface area contributed by atoms with Crippen LogP contribution in [0, 0.1) is 0 Å². The molecule has 0 aliphatic carbocycles. The van der Waals surface area contributed by atoms with Crippen LogP contribution in [0.15, 0.2) is 0 Å². The van der Waals surface area contributed by atoms with Crippen LogP contribution in [0.25, 0.3) is 0 Å². The molecule has 19 heavy (non-hydrogen) atoms. The van der Waals surface area contributed by atoms with Gasteiger partial charge in [-0.1, -0.05) is 24.4 Å². The fourth-order valence-corrected chi connectivity index (χ4v) is 2.85. The van der Waals surface area contributed by atoms with Crippen molar-refractivity contribution in [2.24, 2.45) is 0 Å². The summed E-state index contributed by atoms with van der Waals surface area (Å²) < 4.78 is 0.482. The first-order valence-corrected chi connectivity index (χ1v) is 7.59. The zero-order valence-electron chi connectivity index (χ0n) is 11.1. The Balaban J connectivity index is 4.44. The van der Waals surface area contributed by atoms with Gasteiger partial charge in [-0.3, -0.25) is 4.79 Å². The molecular weight excluding hydrogens is 304 g/mol. The summed E-state index contributed by atoms with van der Waals surface area (Å²) in [7, 11) is 0. The topological polar surface area (TPSA) is 69.6 Å². The van der Waals surface area contributed by atoms with Gasteiger partial charge in [-0.2, -0.15) is 0 Å². The van der Waals surface area contributed by atoms with Gasteiger partial charge in [0.15, 0.2) is 0 Å². The number of nitrogens with zero attached hydrogens (tertiary/aromatic N) is 1. The van der Waals surface area contributed by atoms with Crippen LogP contribution < -0.4 is 5.32 Å². The number of aliphatic carboxylic acids is 1. The number of carbonyl (C=O) groups is 2. The number of thiocarbonyl (C=S) groups is 2. The molecule has 0 aromatic rings. The lowest BCUT2D eigenvalue weighted by Crippen LogP contribution is -2.42. The summed E-state index contributed by atoms with van der Waals surface area (Å²) in [4.78, 5) is 24.3. The van der Waals surface area contributed by atoms with Gasteiger partial charge < -0.3 is 15.3 Å². The second-order valence-corrected chi connectivity index (χ2v) is 5.75. The first-order valence-electron chi connectivity index (χ1n) is 5.79. The number of rotatable bonds is 6. The van der Waals surface area contributed by atoms with Crippen molar-refractivity contribution in [1.29, 1.82) is 0 Å². The first-order chi connectivity index (χ1) is 8.83. The summed E-state index contributed by atoms with van der Waals surface area (Å²) >= 11 is 11.6. The lowest BCUT2D eigenvalue weighted by atomic mass is 10.3. The van der Waals surface area contributed by atoms with E-state index in [1.807, 2.05) is 18.7 Å². The molecule has 0 radical (unpaired) electrons. The van der Waals surface area contributed by atoms with Crippen molar-refractivity contribution in [2.75, 3.05) is 18.8 Å². The third-order valence-corrected chi connectivity index (χ3v) is 4.51. The molecule has 2 N–H and O–H groups in total. The molecule has 0 spiro atoms. The van der Waals surface area contributed by atoms with Crippen molar-refractivity contribution in [3.05, 3.63) is 0 Å². The largest absolute Gasteiger partial charge is 0.480 e. The Hall–Kier alpha value is -0.730. The van der Waals surface area contributed by atoms with Crippen molar-refractivity contribution in [2.45, 2.75) is 26.8 Å². The normalized spacial score (nSPS) is 11.5. The van der Waals surface area contributed by atoms with Gasteiger partial charge in [0, 0.05) is 25.8 Å². The molecule has 0 aliphatic rings. The summed E-state index contributed by atoms with van der Waals surface area (Å²) in [6.07, 6.45) is 0. The van der Waals surface area contributed by atoms with E-state index in [1.54, 1.807) is 0 Å². The average molecular weight is 322 g/mol. The molecule has 0 aromatic carbocycles. The van der Waals surface area contributed by atoms with Crippen molar-refractivity contribution in [3.63, 3.8) is 0 Å². The molecule has 1 atom stereocenters. The third-order valence-electron chi connectivity index (χ3n) is 2.28. The van der Waals surface area contributed by atoms with E-state index in [0.717, 1.165) is 13.1 Å². The van der Waals surface area contributed by atoms with Crippen LogP contribution in [0.4, 0.5) is 0 Å². The molecule has 0 saturated carbocycles. The Morgan fingerprint density at radius 1 is 1.32 bits per heavy atom. The molecule has 0 aliphatic heterocycles. The van der Waals surface area contributed by atoms with Crippen LogP contribution in [-0.2, 0) is 9.59 Å². The Morgan fingerprint density at radius 3 is 2.21 bits per heavy atom. The highest BCUT2D eigenvalue weighted by atomic mass is 32.2. The first kappa shape index (κ1) is 18.3. The fourth-order valence-electron chi connectivity index (χ4n) is 1.28. The minimum atomic E-state index is -1.08. The van der Waals surface area contributed by atoms with Gasteiger partial charge in [0.25, 0.3) is 0 Å². The van der Waals surface area contributed by atoms with E-state index < -0.39 is 12.0 Å². The van der Waals surface area contributed by atoms with Crippen LogP contribution >= 0.6 is 36.2 Å². The lowest BCUT2D eigenvalue weighted by Gasteiger charge is -2.22. The predicted octanol–water partition coefficient (Wildman–Crippen LogP) is 1.31. The summed E-state index contributed by atoms with van der Waals surface area (Å²) in [5, 5.41) is 11.3. The molecule has 1 amide bonds. The second kappa shape index (κ2) is 9.22. The molecular formula is C11H18N2O3S3. The Labute approximate surface area is 128 Å². The fraction of sp³-hybridized carbons (Fsp3) is 0.636. The SMILES string of the molecule is CCN(CC)C(=S)C(=S)SC[C@H](NC(C)=O)C(=O)O. The van der Waals surface area contributed by atoms with Crippen molar-refractivity contribution in [1.82, 2.24) is 10.2 Å². The van der Waals surface area contributed by atoms with E-state index in [-0.39, 0.29) is 11.7 Å². The van der Waals surface area contributed by atoms with E-state index >= 15 is 0 Å². The standard InChI is InChI=1S/C11H18N2O3S3/c1-4-13(5-2)9(17)11(18)19-6-8(10(15)16)12-7(3)14/h8H,4-6H2,1-3H3,(H,12,14)(H,15,16)/t8-/m0/s1. The van der Waals surface area contributed by atoms with E-state index in [0.29, 0.717) is 9.19 Å². The van der Waals surface area contributed by atoms with Crippen molar-refractivity contribution < 1.29 is 14.7 Å². The molecule has 0 aromatic heterocycles. The van der Waals surface area contributed by atoms with E-state index in [2.05, 4.69) is 5.32 Å². The van der Waals surface area contributed by atoms with Crippen LogP contribution in [0.2, 0.25) is 0 Å². The van der Waals surface area contributed by atoms with Gasteiger partial charge in [-0.05, 0) is 13.8 Å². The molecule has 8 heteroatoms. The molecule has 5 nitrogen and oxygen atoms in total. The lowest BCUT2D eigenvalue weighted by molar-refractivity contribution is -0.140. The number of hydrogen-bond donors (Lipinski definition) is 2. The van der Waals surface area contributed by atoms with E-state index in [4.69, 9.17) is 29.5 Å². The van der Waals surface area contributed by atoms with Crippen molar-refractivity contribution in [3.8, 4) is 0 Å². The second-order valence-electron chi connectivity index (χ2n) is 3.67. The zero-order valence-corrected chi connectivity index (χ0v) is 13.6. The number of thioether (sulfide) groups is 1. The Morgan fingerprint density at radius 2 is 1.84 bits per heavy atom. The number of nitrogens with one attached hydrogen (secondary N) is 1. The summed E-state index contributed by atoms with van der Waals surface area (Å²) in [6, 6.07) is -0.958. The van der Waals surface area contributed by atoms with Gasteiger partial charge in [-0.25, -0.2) is 4.79 Å². The Bertz CT molecular complexity index is 370. The number of hydrogen-bond acceptors (Lipinski definition) is 5. The summed E-state index contributed by atoms with van der Waals surface area (Å²) in [5.41, 5.74) is 0. The molecule has 0 saturated heterocycles. The zero-order chi connectivity index (χ0) is 15.0. The highest BCUT2D eigenvalue weighted by Crippen LogP contribution is 2.11. The van der Waals surface area contributed by atoms with Gasteiger partial charge >= 0.3 is 5.97 Å². The molecule has 0 bridgehead atoms. The predicted molar refractivity (Wildman–Crippen MR) is 85.8 cm³/mol. The number of carboxylic acid groups (broad SMARTS) is 1. The van der Waals surface area contributed by atoms with Gasteiger partial charge in [0.2, 0.25) is 5.91 Å². The molecule has 0 unspecified atom stereocenters. The van der Waals surface area contributed by atoms with E-state index in [9.17, 15) is 9.59 Å². The molecule has 0 rings (SSSR count). The van der Waals surface area contributed by atoms with Crippen LogP contribution in [0.5, 0.6) is 0 Å². The highest BCUT2D eigenvalue weighted by molar-refractivity contribution is 8.26. The van der Waals surface area contributed by atoms with Crippen molar-refractivity contribution >= 4 is 57.3 Å². The quantitative estimate of drug-likeness (QED) is 0.714. The molecule has 108 valence electrons. The van der Waals surface area contributed by atoms with Crippen LogP contribution in [-0.4, -0.2) is 56.0 Å². The maximum atomic E-state index is 10.9. The number of amides is 1. The summed E-state index contributed by atoms with van der Waals surface area (Å²) in [5.74, 6) is -1.31. The number of carbonyl (C=O) groups excluding carboxylic acids is 1. The maximum Gasteiger partial charge on any atom is 0.327 e. The van der Waals surface area contributed by atoms with E-state index in [1.165, 1.54) is 18.7 Å². The summed E-state index contributed by atoms with van der Waals surface area (Å²) in [6.45, 7) is 6.73. The smallest absolute Gasteiger partial charge is 0.327 e. The Kier molecular flexibility index (Phi) is 8.86. The average Bonchev–Trinajstić information content (AvgIpc) is 2.34. The number of carboxylic acids is 1. The van der Waals surface area contributed by atoms with Gasteiger partial charge in [0.05, 0.1) is 0 Å². The monoisotopic (exact) mass is 322 g/mol. The maximum absolute atomic E-state index is 10.9. The molecule has 0 heterocycles. The van der Waals surface area contributed by atoms with Gasteiger partial charge in [0.1, 0.15) is 15.2 Å². The van der Waals surface area contributed by atoms with Gasteiger partial charge in [-0.15, -0.1) is 11.8 Å². The minimum Gasteiger partial charge on any atom is -0.480 e. The third kappa shape index (κ3) is 6.84. The minimum absolute atomic E-state index is 0.162. The highest BCUT2D eigenvalue weighted by Gasteiger charge is 2.20.